The summed E-state index contributed by atoms with van der Waals surface area (Å²) >= 11 is 6.09. The number of nitrogens with one attached hydrogen (secondary N) is 2. The first-order valence-electron chi connectivity index (χ1n) is 7.85. The number of hydrogen-bond acceptors (Lipinski definition) is 6. The van der Waals surface area contributed by atoms with Crippen molar-refractivity contribution in [2.24, 2.45) is 0 Å². The number of ether oxygens (including phenoxy) is 1. The second-order valence-electron chi connectivity index (χ2n) is 5.42. The number of aromatic nitrogens is 2. The summed E-state index contributed by atoms with van der Waals surface area (Å²) in [5.41, 5.74) is 1.82. The molecule has 0 aliphatic rings. The van der Waals surface area contributed by atoms with Gasteiger partial charge in [-0.25, -0.2) is 0 Å². The van der Waals surface area contributed by atoms with Crippen molar-refractivity contribution in [2.75, 3.05) is 17.7 Å². The lowest BCUT2D eigenvalue weighted by Crippen LogP contribution is -2.14. The molecular weight excluding hydrogens is 366 g/mol. The molecule has 7 nitrogen and oxygen atoms in total. The van der Waals surface area contributed by atoms with Crippen LogP contribution in [0.3, 0.4) is 0 Å². The zero-order chi connectivity index (χ0) is 19.2. The maximum atomic E-state index is 12.3. The van der Waals surface area contributed by atoms with E-state index in [2.05, 4.69) is 20.8 Å². The monoisotopic (exact) mass is 379 g/mol. The Balaban J connectivity index is 1.68. The number of benzene rings is 2. The standard InChI is InChI=1S/C19H14ClN5O2/c1-27-17-7-5-14(10-15(17)20)22-18-8-6-16(24-25-18)19(26)23-13-4-2-3-12(9-13)11-21/h2-10H,1H3,(H,22,25)(H,23,26). The summed E-state index contributed by atoms with van der Waals surface area (Å²) < 4.78 is 5.11. The van der Waals surface area contributed by atoms with Crippen LogP contribution in [0.25, 0.3) is 0 Å². The van der Waals surface area contributed by atoms with Gasteiger partial charge in [0, 0.05) is 11.4 Å². The Kier molecular flexibility index (Phi) is 5.50. The van der Waals surface area contributed by atoms with Crippen LogP contribution in [0.1, 0.15) is 16.1 Å². The second kappa shape index (κ2) is 8.17. The number of halogens is 1. The van der Waals surface area contributed by atoms with Crippen molar-refractivity contribution < 1.29 is 9.53 Å². The molecule has 0 bridgehead atoms. The Hall–Kier alpha value is -3.63. The van der Waals surface area contributed by atoms with Crippen LogP contribution in [0.2, 0.25) is 5.02 Å². The number of nitrogens with zero attached hydrogens (tertiary/aromatic N) is 3. The largest absolute Gasteiger partial charge is 0.495 e. The molecule has 0 aliphatic carbocycles. The van der Waals surface area contributed by atoms with Gasteiger partial charge in [-0.3, -0.25) is 4.79 Å². The molecule has 0 aliphatic heterocycles. The molecule has 3 rings (SSSR count). The van der Waals surface area contributed by atoms with Crippen molar-refractivity contribution in [2.45, 2.75) is 0 Å². The number of rotatable bonds is 5. The summed E-state index contributed by atoms with van der Waals surface area (Å²) in [6, 6.07) is 17.0. The third-order valence-electron chi connectivity index (χ3n) is 3.57. The van der Waals surface area contributed by atoms with Gasteiger partial charge < -0.3 is 15.4 Å². The Labute approximate surface area is 160 Å². The highest BCUT2D eigenvalue weighted by Crippen LogP contribution is 2.28. The zero-order valence-electron chi connectivity index (χ0n) is 14.2. The van der Waals surface area contributed by atoms with E-state index in [1.54, 1.807) is 61.7 Å². The minimum absolute atomic E-state index is 0.149. The number of carbonyl (C=O) groups excluding carboxylic acids is 1. The average molecular weight is 380 g/mol. The van der Waals surface area contributed by atoms with Gasteiger partial charge in [0.25, 0.3) is 5.91 Å². The summed E-state index contributed by atoms with van der Waals surface area (Å²) in [4.78, 5) is 12.3. The summed E-state index contributed by atoms with van der Waals surface area (Å²) in [5, 5.41) is 23.0. The maximum Gasteiger partial charge on any atom is 0.276 e. The lowest BCUT2D eigenvalue weighted by molar-refractivity contribution is 0.102. The summed E-state index contributed by atoms with van der Waals surface area (Å²) in [6.45, 7) is 0. The Bertz CT molecular complexity index is 1020. The summed E-state index contributed by atoms with van der Waals surface area (Å²) in [6.07, 6.45) is 0. The molecule has 1 heterocycles. The molecule has 1 aromatic heterocycles. The van der Waals surface area contributed by atoms with Crippen molar-refractivity contribution in [1.82, 2.24) is 10.2 Å². The van der Waals surface area contributed by atoms with Gasteiger partial charge in [-0.15, -0.1) is 10.2 Å². The van der Waals surface area contributed by atoms with Crippen molar-refractivity contribution in [3.8, 4) is 11.8 Å². The molecule has 2 aromatic carbocycles. The molecule has 0 atom stereocenters. The predicted octanol–water partition coefficient (Wildman–Crippen LogP) is 4.01. The van der Waals surface area contributed by atoms with Crippen molar-refractivity contribution in [3.63, 3.8) is 0 Å². The zero-order valence-corrected chi connectivity index (χ0v) is 15.0. The lowest BCUT2D eigenvalue weighted by Gasteiger charge is -2.08. The van der Waals surface area contributed by atoms with E-state index in [4.69, 9.17) is 21.6 Å². The molecule has 0 radical (unpaired) electrons. The van der Waals surface area contributed by atoms with Crippen LogP contribution >= 0.6 is 11.6 Å². The van der Waals surface area contributed by atoms with E-state index in [-0.39, 0.29) is 5.69 Å². The first-order valence-corrected chi connectivity index (χ1v) is 8.22. The van der Waals surface area contributed by atoms with Gasteiger partial charge in [-0.1, -0.05) is 17.7 Å². The number of anilines is 3. The fourth-order valence-corrected chi connectivity index (χ4v) is 2.53. The van der Waals surface area contributed by atoms with E-state index in [0.717, 1.165) is 0 Å². The van der Waals surface area contributed by atoms with Crippen molar-refractivity contribution >= 4 is 34.7 Å². The lowest BCUT2D eigenvalue weighted by atomic mass is 10.2. The highest BCUT2D eigenvalue weighted by atomic mass is 35.5. The molecule has 1 amide bonds. The number of carbonyl (C=O) groups is 1. The first kappa shape index (κ1) is 18.2. The highest BCUT2D eigenvalue weighted by molar-refractivity contribution is 6.32. The summed E-state index contributed by atoms with van der Waals surface area (Å²) in [7, 11) is 1.54. The third-order valence-corrected chi connectivity index (χ3v) is 3.87. The first-order chi connectivity index (χ1) is 13.1. The second-order valence-corrected chi connectivity index (χ2v) is 5.83. The van der Waals surface area contributed by atoms with E-state index in [1.165, 1.54) is 0 Å². The van der Waals surface area contributed by atoms with Crippen LogP contribution in [0, 0.1) is 11.3 Å². The molecule has 0 saturated heterocycles. The van der Waals surface area contributed by atoms with Gasteiger partial charge in [-0.2, -0.15) is 5.26 Å². The van der Waals surface area contributed by atoms with E-state index < -0.39 is 5.91 Å². The smallest absolute Gasteiger partial charge is 0.276 e. The quantitative estimate of drug-likeness (QED) is 0.694. The minimum Gasteiger partial charge on any atom is -0.495 e. The number of nitriles is 1. The van der Waals surface area contributed by atoms with Crippen LogP contribution in [-0.4, -0.2) is 23.2 Å². The Morgan fingerprint density at radius 2 is 1.96 bits per heavy atom. The van der Waals surface area contributed by atoms with E-state index in [1.807, 2.05) is 6.07 Å². The van der Waals surface area contributed by atoms with Gasteiger partial charge in [0.15, 0.2) is 11.5 Å². The molecule has 8 heteroatoms. The van der Waals surface area contributed by atoms with Gasteiger partial charge in [0.2, 0.25) is 0 Å². The van der Waals surface area contributed by atoms with Crippen LogP contribution in [0.15, 0.2) is 54.6 Å². The van der Waals surface area contributed by atoms with Gasteiger partial charge in [0.05, 0.1) is 23.8 Å². The maximum absolute atomic E-state index is 12.3. The third kappa shape index (κ3) is 4.51. The van der Waals surface area contributed by atoms with E-state index >= 15 is 0 Å². The molecule has 0 spiro atoms. The van der Waals surface area contributed by atoms with Crippen LogP contribution in [0.4, 0.5) is 17.2 Å². The van der Waals surface area contributed by atoms with E-state index in [0.29, 0.717) is 33.5 Å². The van der Waals surface area contributed by atoms with Gasteiger partial charge in [0.1, 0.15) is 5.75 Å². The SMILES string of the molecule is COc1ccc(Nc2ccc(C(=O)Nc3cccc(C#N)c3)nn2)cc1Cl. The Morgan fingerprint density at radius 3 is 2.63 bits per heavy atom. The normalized spacial score (nSPS) is 9.96. The van der Waals surface area contributed by atoms with E-state index in [9.17, 15) is 4.79 Å². The molecule has 134 valence electrons. The molecule has 2 N–H and O–H groups in total. The fraction of sp³-hybridized carbons (Fsp3) is 0.0526. The number of hydrogen-bond donors (Lipinski definition) is 2. The summed E-state index contributed by atoms with van der Waals surface area (Å²) in [5.74, 6) is 0.608. The van der Waals surface area contributed by atoms with Crippen molar-refractivity contribution in [1.29, 1.82) is 5.26 Å². The number of methoxy groups -OCH3 is 1. The van der Waals surface area contributed by atoms with Gasteiger partial charge >= 0.3 is 0 Å². The highest BCUT2D eigenvalue weighted by Gasteiger charge is 2.10. The molecular formula is C19H14ClN5O2. The Morgan fingerprint density at radius 1 is 1.11 bits per heavy atom. The van der Waals surface area contributed by atoms with Crippen LogP contribution in [0.5, 0.6) is 5.75 Å². The minimum atomic E-state index is -0.420. The van der Waals surface area contributed by atoms with Crippen LogP contribution < -0.4 is 15.4 Å². The molecule has 27 heavy (non-hydrogen) atoms. The molecule has 0 unspecified atom stereocenters. The fourth-order valence-electron chi connectivity index (χ4n) is 2.27. The number of amides is 1. The molecule has 3 aromatic rings. The average Bonchev–Trinajstić information content (AvgIpc) is 2.69. The molecule has 0 fully saturated rings. The topological polar surface area (TPSA) is 99.9 Å². The molecule has 0 saturated carbocycles. The van der Waals surface area contributed by atoms with Gasteiger partial charge in [-0.05, 0) is 48.5 Å². The predicted molar refractivity (Wildman–Crippen MR) is 102 cm³/mol. The van der Waals surface area contributed by atoms with Crippen molar-refractivity contribution in [3.05, 3.63) is 70.9 Å². The van der Waals surface area contributed by atoms with Crippen LogP contribution in [-0.2, 0) is 0 Å².